The van der Waals surface area contributed by atoms with Gasteiger partial charge in [0.2, 0.25) is 5.91 Å². The first-order chi connectivity index (χ1) is 14.8. The van der Waals surface area contributed by atoms with Crippen molar-refractivity contribution in [1.82, 2.24) is 14.5 Å². The van der Waals surface area contributed by atoms with Crippen molar-refractivity contribution >= 4 is 38.8 Å². The first-order valence-electron chi connectivity index (χ1n) is 10.1. The largest absolute Gasteiger partial charge is 0.324 e. The molecule has 31 heavy (non-hydrogen) atoms. The van der Waals surface area contributed by atoms with E-state index in [0.717, 1.165) is 36.4 Å². The van der Waals surface area contributed by atoms with Crippen molar-refractivity contribution in [2.24, 2.45) is 0 Å². The van der Waals surface area contributed by atoms with Crippen LogP contribution in [-0.4, -0.2) is 38.4 Å². The lowest BCUT2D eigenvalue weighted by molar-refractivity contribution is -0.384. The third-order valence-electron chi connectivity index (χ3n) is 5.57. The molecule has 0 aliphatic carbocycles. The van der Waals surface area contributed by atoms with E-state index in [1.807, 2.05) is 13.8 Å². The summed E-state index contributed by atoms with van der Waals surface area (Å²) in [6, 6.07) is 5.73. The summed E-state index contributed by atoms with van der Waals surface area (Å²) >= 11 is 1.49. The van der Waals surface area contributed by atoms with Crippen LogP contribution in [0.15, 0.2) is 29.1 Å². The van der Waals surface area contributed by atoms with E-state index in [2.05, 4.69) is 10.2 Å². The maximum atomic E-state index is 13.3. The van der Waals surface area contributed by atoms with Gasteiger partial charge in [0.05, 0.1) is 16.9 Å². The molecule has 0 bridgehead atoms. The highest BCUT2D eigenvalue weighted by molar-refractivity contribution is 7.18. The van der Waals surface area contributed by atoms with Crippen LogP contribution in [0.1, 0.15) is 29.1 Å². The molecule has 4 rings (SSSR count). The molecule has 3 heterocycles. The molecule has 1 amide bonds. The number of nitrogens with one attached hydrogen (secondary N) is 1. The van der Waals surface area contributed by atoms with E-state index in [0.29, 0.717) is 28.3 Å². The van der Waals surface area contributed by atoms with E-state index in [-0.39, 0.29) is 17.8 Å². The number of anilines is 1. The zero-order valence-corrected chi connectivity index (χ0v) is 18.2. The number of rotatable bonds is 6. The highest BCUT2D eigenvalue weighted by Crippen LogP contribution is 2.27. The van der Waals surface area contributed by atoms with Gasteiger partial charge < -0.3 is 5.32 Å². The number of aromatic nitrogens is 2. The van der Waals surface area contributed by atoms with Crippen molar-refractivity contribution in [2.75, 3.05) is 18.4 Å². The Hall–Kier alpha value is -3.11. The molecular weight excluding hydrogens is 418 g/mol. The van der Waals surface area contributed by atoms with E-state index in [1.165, 1.54) is 34.1 Å². The molecular formula is C21H23N5O4S. The molecule has 1 fully saturated rings. The molecule has 0 unspecified atom stereocenters. The standard InChI is InChI=1S/C21H23N5O4S/c1-13-14(2)31-20-19(13)21(28)25(17(23-20)11-24-8-3-4-9-24)12-18(27)22-15-6-5-7-16(10-15)26(29)30/h5-7,10H,3-4,8-9,11-12H2,1-2H3,(H,22,27). The van der Waals surface area contributed by atoms with Crippen LogP contribution in [0.5, 0.6) is 0 Å². The van der Waals surface area contributed by atoms with Crippen LogP contribution in [0.25, 0.3) is 10.2 Å². The number of benzene rings is 1. The Morgan fingerprint density at radius 2 is 2.03 bits per heavy atom. The predicted octanol–water partition coefficient (Wildman–Crippen LogP) is 3.22. The summed E-state index contributed by atoms with van der Waals surface area (Å²) < 4.78 is 1.44. The van der Waals surface area contributed by atoms with E-state index < -0.39 is 10.8 Å². The van der Waals surface area contributed by atoms with Crippen LogP contribution in [0, 0.1) is 24.0 Å². The van der Waals surface area contributed by atoms with Gasteiger partial charge in [-0.25, -0.2) is 4.98 Å². The number of hydrogen-bond donors (Lipinski definition) is 1. The summed E-state index contributed by atoms with van der Waals surface area (Å²) in [5.74, 6) is 0.130. The molecule has 0 spiro atoms. The number of hydrogen-bond acceptors (Lipinski definition) is 7. The summed E-state index contributed by atoms with van der Waals surface area (Å²) in [7, 11) is 0. The van der Waals surface area contributed by atoms with E-state index >= 15 is 0 Å². The number of non-ortho nitro benzene ring substituents is 1. The number of nitro benzene ring substituents is 1. The van der Waals surface area contributed by atoms with Gasteiger partial charge in [0.15, 0.2) is 0 Å². The molecule has 1 N–H and O–H groups in total. The third kappa shape index (κ3) is 4.35. The van der Waals surface area contributed by atoms with E-state index in [9.17, 15) is 19.7 Å². The second kappa shape index (κ2) is 8.56. The second-order valence-corrected chi connectivity index (χ2v) is 8.92. The average molecular weight is 442 g/mol. The minimum Gasteiger partial charge on any atom is -0.324 e. The number of fused-ring (bicyclic) bond motifs is 1. The Bertz CT molecular complexity index is 1230. The predicted molar refractivity (Wildman–Crippen MR) is 120 cm³/mol. The minimum absolute atomic E-state index is 0.114. The number of aryl methyl sites for hydroxylation is 2. The van der Waals surface area contributed by atoms with Crippen LogP contribution in [0.3, 0.4) is 0 Å². The third-order valence-corrected chi connectivity index (χ3v) is 6.68. The molecule has 1 aromatic carbocycles. The zero-order valence-electron chi connectivity index (χ0n) is 17.4. The number of carbonyl (C=O) groups is 1. The van der Waals surface area contributed by atoms with Crippen molar-refractivity contribution in [3.63, 3.8) is 0 Å². The number of nitrogens with zero attached hydrogens (tertiary/aromatic N) is 4. The Kier molecular flexibility index (Phi) is 5.84. The van der Waals surface area contributed by atoms with E-state index in [1.54, 1.807) is 6.07 Å². The van der Waals surface area contributed by atoms with Crippen molar-refractivity contribution in [1.29, 1.82) is 0 Å². The molecule has 162 valence electrons. The van der Waals surface area contributed by atoms with Gasteiger partial charge in [0, 0.05) is 22.7 Å². The first kappa shape index (κ1) is 21.1. The van der Waals surface area contributed by atoms with Gasteiger partial charge in [-0.2, -0.15) is 0 Å². The van der Waals surface area contributed by atoms with Crippen molar-refractivity contribution in [3.05, 3.63) is 61.0 Å². The summed E-state index contributed by atoms with van der Waals surface area (Å²) in [5.41, 5.74) is 0.857. The lowest BCUT2D eigenvalue weighted by Crippen LogP contribution is -2.33. The molecule has 1 aliphatic heterocycles. The monoisotopic (exact) mass is 441 g/mol. The van der Waals surface area contributed by atoms with Crippen LogP contribution in [-0.2, 0) is 17.9 Å². The molecule has 0 saturated carbocycles. The topological polar surface area (TPSA) is 110 Å². The van der Waals surface area contributed by atoms with Gasteiger partial charge in [-0.15, -0.1) is 11.3 Å². The molecule has 1 aliphatic rings. The quantitative estimate of drug-likeness (QED) is 0.465. The number of thiophene rings is 1. The number of likely N-dealkylation sites (tertiary alicyclic amines) is 1. The van der Waals surface area contributed by atoms with Gasteiger partial charge >= 0.3 is 0 Å². The van der Waals surface area contributed by atoms with Gasteiger partial charge in [0.25, 0.3) is 11.2 Å². The Morgan fingerprint density at radius 3 is 2.74 bits per heavy atom. The maximum Gasteiger partial charge on any atom is 0.271 e. The molecule has 2 aromatic heterocycles. The van der Waals surface area contributed by atoms with Gasteiger partial charge in [0.1, 0.15) is 17.2 Å². The molecule has 9 nitrogen and oxygen atoms in total. The fraction of sp³-hybridized carbons (Fsp3) is 0.381. The molecule has 0 atom stereocenters. The summed E-state index contributed by atoms with van der Waals surface area (Å²) in [4.78, 5) is 45.3. The second-order valence-electron chi connectivity index (χ2n) is 7.72. The number of amides is 1. The molecule has 3 aromatic rings. The Morgan fingerprint density at radius 1 is 1.29 bits per heavy atom. The van der Waals surface area contributed by atoms with Crippen molar-refractivity contribution < 1.29 is 9.72 Å². The molecule has 10 heteroatoms. The lowest BCUT2D eigenvalue weighted by atomic mass is 10.2. The number of carbonyl (C=O) groups excluding carboxylic acids is 1. The lowest BCUT2D eigenvalue weighted by Gasteiger charge is -2.18. The summed E-state index contributed by atoms with van der Waals surface area (Å²) in [6.45, 7) is 6.03. The SMILES string of the molecule is Cc1sc2nc(CN3CCCC3)n(CC(=O)Nc3cccc([N+](=O)[O-])c3)c(=O)c2c1C. The Balaban J connectivity index is 1.67. The fourth-order valence-electron chi connectivity index (χ4n) is 3.84. The maximum absolute atomic E-state index is 13.3. The first-order valence-corrected chi connectivity index (χ1v) is 10.9. The zero-order chi connectivity index (χ0) is 22.1. The highest BCUT2D eigenvalue weighted by atomic mass is 32.1. The van der Waals surface area contributed by atoms with Crippen LogP contribution in [0.4, 0.5) is 11.4 Å². The van der Waals surface area contributed by atoms with E-state index in [4.69, 9.17) is 4.98 Å². The van der Waals surface area contributed by atoms with Crippen LogP contribution >= 0.6 is 11.3 Å². The molecule has 1 saturated heterocycles. The fourth-order valence-corrected chi connectivity index (χ4v) is 4.87. The summed E-state index contributed by atoms with van der Waals surface area (Å²) in [5, 5.41) is 14.2. The highest BCUT2D eigenvalue weighted by Gasteiger charge is 2.21. The average Bonchev–Trinajstić information content (AvgIpc) is 3.33. The Labute approximate surface area is 182 Å². The minimum atomic E-state index is -0.520. The normalized spacial score (nSPS) is 14.3. The van der Waals surface area contributed by atoms with Crippen LogP contribution < -0.4 is 10.9 Å². The summed E-state index contributed by atoms with van der Waals surface area (Å²) in [6.07, 6.45) is 2.22. The van der Waals surface area contributed by atoms with Gasteiger partial charge in [-0.1, -0.05) is 6.07 Å². The smallest absolute Gasteiger partial charge is 0.271 e. The van der Waals surface area contributed by atoms with Gasteiger partial charge in [-0.05, 0) is 51.4 Å². The van der Waals surface area contributed by atoms with Crippen LogP contribution in [0.2, 0.25) is 0 Å². The van der Waals surface area contributed by atoms with Crippen molar-refractivity contribution in [2.45, 2.75) is 39.8 Å². The van der Waals surface area contributed by atoms with Gasteiger partial charge in [-0.3, -0.25) is 29.2 Å². The molecule has 0 radical (unpaired) electrons. The van der Waals surface area contributed by atoms with Crippen molar-refractivity contribution in [3.8, 4) is 0 Å². The number of nitro groups is 1.